The second-order valence-electron chi connectivity index (χ2n) is 3.12. The monoisotopic (exact) mass is 252 g/mol. The maximum absolute atomic E-state index is 13.7. The molecule has 3 nitrogen and oxygen atoms in total. The van der Waals surface area contributed by atoms with Crippen LogP contribution in [0.25, 0.3) is 11.3 Å². The molecule has 0 aliphatic heterocycles. The zero-order chi connectivity index (χ0) is 12.4. The summed E-state index contributed by atoms with van der Waals surface area (Å²) in [6.45, 7) is 0. The molecule has 0 saturated carbocycles. The van der Waals surface area contributed by atoms with Crippen molar-refractivity contribution in [3.63, 3.8) is 0 Å². The van der Waals surface area contributed by atoms with Gasteiger partial charge in [0.25, 0.3) is 0 Å². The van der Waals surface area contributed by atoms with Gasteiger partial charge in [0.1, 0.15) is 11.9 Å². The van der Waals surface area contributed by atoms with Crippen molar-refractivity contribution in [2.24, 2.45) is 0 Å². The van der Waals surface area contributed by atoms with Crippen LogP contribution in [0.4, 0.5) is 8.78 Å². The van der Waals surface area contributed by atoms with Crippen molar-refractivity contribution in [1.82, 2.24) is 4.98 Å². The lowest BCUT2D eigenvalue weighted by molar-refractivity contribution is 0.383. The molecule has 1 heterocycles. The van der Waals surface area contributed by atoms with Gasteiger partial charge >= 0.3 is 0 Å². The minimum atomic E-state index is -0.671. The fourth-order valence-corrected chi connectivity index (χ4v) is 1.94. The predicted octanol–water partition coefficient (Wildman–Crippen LogP) is 2.97. The lowest BCUT2D eigenvalue weighted by Gasteiger charge is -2.04. The molecule has 0 saturated heterocycles. The standard InChI is InChI=1S/C11H6F2N2OS/c1-16-10-3-7(12)6(2-8(10)13)9-5-17-11(4-14)15-9/h2-3,5H,1H3. The van der Waals surface area contributed by atoms with E-state index in [0.29, 0.717) is 0 Å². The van der Waals surface area contributed by atoms with Gasteiger partial charge in [-0.05, 0) is 6.07 Å². The van der Waals surface area contributed by atoms with E-state index in [4.69, 9.17) is 5.26 Å². The Kier molecular flexibility index (Phi) is 3.02. The van der Waals surface area contributed by atoms with Crippen LogP contribution in [0.2, 0.25) is 0 Å². The van der Waals surface area contributed by atoms with Crippen LogP contribution in [0.15, 0.2) is 17.5 Å². The smallest absolute Gasteiger partial charge is 0.194 e. The number of hydrogen-bond acceptors (Lipinski definition) is 4. The summed E-state index contributed by atoms with van der Waals surface area (Å²) >= 11 is 1.08. The van der Waals surface area contributed by atoms with Gasteiger partial charge in [-0.25, -0.2) is 13.8 Å². The summed E-state index contributed by atoms with van der Waals surface area (Å²) in [5, 5.41) is 10.3. The van der Waals surface area contributed by atoms with Crippen molar-refractivity contribution < 1.29 is 13.5 Å². The molecule has 2 rings (SSSR count). The van der Waals surface area contributed by atoms with E-state index in [2.05, 4.69) is 9.72 Å². The topological polar surface area (TPSA) is 45.9 Å². The molecule has 0 amide bonds. The molecule has 2 aromatic rings. The molecule has 0 radical (unpaired) electrons. The Morgan fingerprint density at radius 2 is 2.12 bits per heavy atom. The predicted molar refractivity (Wildman–Crippen MR) is 58.7 cm³/mol. The number of nitrogens with zero attached hydrogens (tertiary/aromatic N) is 2. The normalized spacial score (nSPS) is 10.0. The van der Waals surface area contributed by atoms with E-state index in [1.165, 1.54) is 12.5 Å². The van der Waals surface area contributed by atoms with Crippen molar-refractivity contribution in [1.29, 1.82) is 5.26 Å². The zero-order valence-corrected chi connectivity index (χ0v) is 9.52. The van der Waals surface area contributed by atoms with Gasteiger partial charge in [0.05, 0.1) is 12.8 Å². The molecule has 86 valence electrons. The number of benzene rings is 1. The van der Waals surface area contributed by atoms with E-state index < -0.39 is 11.6 Å². The summed E-state index contributed by atoms with van der Waals surface area (Å²) in [6.07, 6.45) is 0. The Morgan fingerprint density at radius 3 is 2.71 bits per heavy atom. The molecule has 0 unspecified atom stereocenters. The second kappa shape index (κ2) is 4.47. The average molecular weight is 252 g/mol. The Labute approximate surface area is 99.9 Å². The first-order valence-electron chi connectivity index (χ1n) is 4.54. The molecule has 0 spiro atoms. The van der Waals surface area contributed by atoms with Gasteiger partial charge in [-0.3, -0.25) is 0 Å². The van der Waals surface area contributed by atoms with Gasteiger partial charge in [0.15, 0.2) is 16.6 Å². The fraction of sp³-hybridized carbons (Fsp3) is 0.0909. The Bertz CT molecular complexity index is 604. The van der Waals surface area contributed by atoms with E-state index in [0.717, 1.165) is 23.5 Å². The van der Waals surface area contributed by atoms with Crippen molar-refractivity contribution in [3.05, 3.63) is 34.2 Å². The second-order valence-corrected chi connectivity index (χ2v) is 3.97. The minimum absolute atomic E-state index is 0.0149. The van der Waals surface area contributed by atoms with E-state index in [1.807, 2.05) is 6.07 Å². The molecule has 6 heteroatoms. The average Bonchev–Trinajstić information content (AvgIpc) is 2.80. The quantitative estimate of drug-likeness (QED) is 0.825. The maximum atomic E-state index is 13.7. The first-order chi connectivity index (χ1) is 8.15. The van der Waals surface area contributed by atoms with Crippen molar-refractivity contribution in [2.45, 2.75) is 0 Å². The van der Waals surface area contributed by atoms with Crippen LogP contribution < -0.4 is 4.74 Å². The number of ether oxygens (including phenoxy) is 1. The number of thiazole rings is 1. The molecule has 0 bridgehead atoms. The Balaban J connectivity index is 2.53. The molecular weight excluding hydrogens is 246 g/mol. The number of halogens is 2. The SMILES string of the molecule is COc1cc(F)c(-c2csc(C#N)n2)cc1F. The summed E-state index contributed by atoms with van der Waals surface area (Å²) in [5.41, 5.74) is 0.256. The highest BCUT2D eigenvalue weighted by atomic mass is 32.1. The van der Waals surface area contributed by atoms with E-state index in [1.54, 1.807) is 0 Å². The molecule has 1 aromatic carbocycles. The third-order valence-electron chi connectivity index (χ3n) is 2.12. The van der Waals surface area contributed by atoms with Crippen LogP contribution in [-0.4, -0.2) is 12.1 Å². The zero-order valence-electron chi connectivity index (χ0n) is 8.70. The van der Waals surface area contributed by atoms with Crippen LogP contribution in [0.1, 0.15) is 5.01 Å². The number of rotatable bonds is 2. The first kappa shape index (κ1) is 11.5. The van der Waals surface area contributed by atoms with Gasteiger partial charge < -0.3 is 4.74 Å². The lowest BCUT2D eigenvalue weighted by atomic mass is 10.1. The van der Waals surface area contributed by atoms with E-state index >= 15 is 0 Å². The third kappa shape index (κ3) is 2.10. The first-order valence-corrected chi connectivity index (χ1v) is 5.42. The number of methoxy groups -OCH3 is 1. The number of nitriles is 1. The van der Waals surface area contributed by atoms with Gasteiger partial charge in [-0.15, -0.1) is 11.3 Å². The van der Waals surface area contributed by atoms with Gasteiger partial charge in [-0.2, -0.15) is 5.26 Å². The van der Waals surface area contributed by atoms with Crippen molar-refractivity contribution >= 4 is 11.3 Å². The maximum Gasteiger partial charge on any atom is 0.194 e. The van der Waals surface area contributed by atoms with Crippen molar-refractivity contribution in [2.75, 3.05) is 7.11 Å². The largest absolute Gasteiger partial charge is 0.494 e. The van der Waals surface area contributed by atoms with Gasteiger partial charge in [0, 0.05) is 17.0 Å². The van der Waals surface area contributed by atoms with Crippen LogP contribution in [0.3, 0.4) is 0 Å². The molecular formula is C11H6F2N2OS. The van der Waals surface area contributed by atoms with Gasteiger partial charge in [0.2, 0.25) is 0 Å². The molecule has 0 fully saturated rings. The molecule has 0 N–H and O–H groups in total. The van der Waals surface area contributed by atoms with E-state index in [-0.39, 0.29) is 22.0 Å². The van der Waals surface area contributed by atoms with Crippen LogP contribution in [-0.2, 0) is 0 Å². The van der Waals surface area contributed by atoms with E-state index in [9.17, 15) is 8.78 Å². The summed E-state index contributed by atoms with van der Waals surface area (Å²) in [6, 6.07) is 3.80. The molecule has 0 aliphatic rings. The number of hydrogen-bond donors (Lipinski definition) is 0. The van der Waals surface area contributed by atoms with Crippen LogP contribution >= 0.6 is 11.3 Å². The summed E-state index contributed by atoms with van der Waals surface area (Å²) in [5.74, 6) is -1.48. The van der Waals surface area contributed by atoms with Gasteiger partial charge in [-0.1, -0.05) is 0 Å². The summed E-state index contributed by atoms with van der Waals surface area (Å²) in [7, 11) is 1.26. The van der Waals surface area contributed by atoms with Crippen molar-refractivity contribution in [3.8, 4) is 23.1 Å². The summed E-state index contributed by atoms with van der Waals surface area (Å²) in [4.78, 5) is 3.87. The molecule has 1 aromatic heterocycles. The minimum Gasteiger partial charge on any atom is -0.494 e. The van der Waals surface area contributed by atoms with Crippen LogP contribution in [0, 0.1) is 23.0 Å². The molecule has 17 heavy (non-hydrogen) atoms. The summed E-state index contributed by atoms with van der Waals surface area (Å²) < 4.78 is 31.7. The molecule has 0 atom stereocenters. The number of aromatic nitrogens is 1. The third-order valence-corrected chi connectivity index (χ3v) is 2.86. The highest BCUT2D eigenvalue weighted by Crippen LogP contribution is 2.29. The Morgan fingerprint density at radius 1 is 1.35 bits per heavy atom. The lowest BCUT2D eigenvalue weighted by Crippen LogP contribution is -1.93. The highest BCUT2D eigenvalue weighted by Gasteiger charge is 2.14. The highest BCUT2D eigenvalue weighted by molar-refractivity contribution is 7.10. The molecule has 0 aliphatic carbocycles. The Hall–Kier alpha value is -2.00. The van der Waals surface area contributed by atoms with Crippen LogP contribution in [0.5, 0.6) is 5.75 Å². The fourth-order valence-electron chi connectivity index (χ4n) is 1.33.